The third-order valence-electron chi connectivity index (χ3n) is 0.888. The maximum atomic E-state index is 8.10. The lowest BCUT2D eigenvalue weighted by Crippen LogP contribution is -2.11. The van der Waals surface area contributed by atoms with Crippen LogP contribution in [-0.2, 0) is 0 Å². The van der Waals surface area contributed by atoms with Crippen LogP contribution in [-0.4, -0.2) is 13.1 Å². The van der Waals surface area contributed by atoms with Gasteiger partial charge in [0.1, 0.15) is 0 Å². The highest BCUT2D eigenvalue weighted by Crippen LogP contribution is 1.76. The first-order valence-corrected chi connectivity index (χ1v) is 3.14. The normalized spacial score (nSPS) is 9.78. The highest BCUT2D eigenvalue weighted by atomic mass is 14.8. The van der Waals surface area contributed by atoms with Gasteiger partial charge in [-0.3, -0.25) is 0 Å². The van der Waals surface area contributed by atoms with Gasteiger partial charge in [-0.05, 0) is 6.54 Å². The van der Waals surface area contributed by atoms with E-state index in [1.807, 2.05) is 18.2 Å². The zero-order valence-electron chi connectivity index (χ0n) is 5.72. The van der Waals surface area contributed by atoms with E-state index < -0.39 is 0 Å². The van der Waals surface area contributed by atoms with Crippen molar-refractivity contribution in [2.75, 3.05) is 13.1 Å². The molecule has 0 aliphatic rings. The summed E-state index contributed by atoms with van der Waals surface area (Å²) in [6, 6.07) is 2.03. The van der Waals surface area contributed by atoms with Gasteiger partial charge in [0.15, 0.2) is 0 Å². The molecule has 0 amide bonds. The number of hydrogen-bond acceptors (Lipinski definition) is 2. The van der Waals surface area contributed by atoms with E-state index >= 15 is 0 Å². The van der Waals surface area contributed by atoms with E-state index in [9.17, 15) is 0 Å². The molecule has 0 atom stereocenters. The zero-order chi connectivity index (χ0) is 6.95. The van der Waals surface area contributed by atoms with Crippen molar-refractivity contribution in [1.29, 1.82) is 5.26 Å². The van der Waals surface area contributed by atoms with Crippen molar-refractivity contribution in [3.05, 3.63) is 12.2 Å². The van der Waals surface area contributed by atoms with Crippen molar-refractivity contribution in [3.63, 3.8) is 0 Å². The van der Waals surface area contributed by atoms with Crippen LogP contribution in [0.5, 0.6) is 0 Å². The summed E-state index contributed by atoms with van der Waals surface area (Å²) < 4.78 is 0. The summed E-state index contributed by atoms with van der Waals surface area (Å²) in [7, 11) is 0. The van der Waals surface area contributed by atoms with Gasteiger partial charge < -0.3 is 5.32 Å². The second kappa shape index (κ2) is 7.19. The number of hydrogen-bond donors (Lipinski definition) is 1. The average molecular weight is 124 g/mol. The average Bonchev–Trinajstić information content (AvgIpc) is 1.89. The van der Waals surface area contributed by atoms with E-state index in [0.717, 1.165) is 13.1 Å². The Bertz CT molecular complexity index is 111. The first-order chi connectivity index (χ1) is 4.41. The molecular weight excluding hydrogens is 112 g/mol. The number of allylic oxidation sites excluding steroid dienone is 1. The minimum Gasteiger partial charge on any atom is -0.314 e. The molecule has 0 aromatic carbocycles. The van der Waals surface area contributed by atoms with Gasteiger partial charge in [-0.2, -0.15) is 5.26 Å². The van der Waals surface area contributed by atoms with Gasteiger partial charge in [0.05, 0.1) is 12.5 Å². The Morgan fingerprint density at radius 1 is 1.56 bits per heavy atom. The summed E-state index contributed by atoms with van der Waals surface area (Å²) in [6.07, 6.45) is 4.35. The molecule has 2 nitrogen and oxygen atoms in total. The van der Waals surface area contributed by atoms with Crippen LogP contribution in [0.1, 0.15) is 13.3 Å². The van der Waals surface area contributed by atoms with Crippen molar-refractivity contribution >= 4 is 0 Å². The largest absolute Gasteiger partial charge is 0.314 e. The highest BCUT2D eigenvalue weighted by molar-refractivity contribution is 4.91. The molecule has 0 saturated heterocycles. The van der Waals surface area contributed by atoms with Gasteiger partial charge in [-0.1, -0.05) is 19.1 Å². The molecule has 0 bridgehead atoms. The molecule has 0 aromatic rings. The fraction of sp³-hybridized carbons (Fsp3) is 0.571. The molecule has 0 saturated carbocycles. The molecule has 0 radical (unpaired) electrons. The van der Waals surface area contributed by atoms with Crippen molar-refractivity contribution in [2.45, 2.75) is 13.3 Å². The molecule has 0 aromatic heterocycles. The molecule has 0 aliphatic heterocycles. The topological polar surface area (TPSA) is 35.8 Å². The maximum Gasteiger partial charge on any atom is 0.0663 e. The summed E-state index contributed by atoms with van der Waals surface area (Å²) >= 11 is 0. The SMILES string of the molecule is CCNC/C=C/CC#N. The fourth-order valence-corrected chi connectivity index (χ4v) is 0.447. The van der Waals surface area contributed by atoms with Gasteiger partial charge in [0.25, 0.3) is 0 Å². The predicted molar refractivity (Wildman–Crippen MR) is 37.9 cm³/mol. The van der Waals surface area contributed by atoms with Gasteiger partial charge in [-0.25, -0.2) is 0 Å². The molecule has 0 unspecified atom stereocenters. The first-order valence-electron chi connectivity index (χ1n) is 3.14. The van der Waals surface area contributed by atoms with Crippen molar-refractivity contribution < 1.29 is 0 Å². The molecule has 1 N–H and O–H groups in total. The Labute approximate surface area is 56.2 Å². The Morgan fingerprint density at radius 2 is 2.33 bits per heavy atom. The Morgan fingerprint density at radius 3 is 2.89 bits per heavy atom. The Kier molecular flexibility index (Phi) is 6.54. The minimum absolute atomic E-state index is 0.519. The monoisotopic (exact) mass is 124 g/mol. The Hall–Kier alpha value is -0.810. The van der Waals surface area contributed by atoms with E-state index in [1.165, 1.54) is 0 Å². The second-order valence-electron chi connectivity index (χ2n) is 1.64. The quantitative estimate of drug-likeness (QED) is 0.449. The summed E-state index contributed by atoms with van der Waals surface area (Å²) in [5.41, 5.74) is 0. The van der Waals surface area contributed by atoms with Crippen molar-refractivity contribution in [1.82, 2.24) is 5.32 Å². The number of nitriles is 1. The van der Waals surface area contributed by atoms with Gasteiger partial charge in [0, 0.05) is 6.54 Å². The van der Waals surface area contributed by atoms with Crippen molar-refractivity contribution in [2.24, 2.45) is 0 Å². The van der Waals surface area contributed by atoms with E-state index in [4.69, 9.17) is 5.26 Å². The van der Waals surface area contributed by atoms with Crippen LogP contribution >= 0.6 is 0 Å². The van der Waals surface area contributed by atoms with Crippen molar-refractivity contribution in [3.8, 4) is 6.07 Å². The Balaban J connectivity index is 2.97. The lowest BCUT2D eigenvalue weighted by atomic mass is 10.4. The van der Waals surface area contributed by atoms with Gasteiger partial charge in [-0.15, -0.1) is 0 Å². The van der Waals surface area contributed by atoms with Gasteiger partial charge in [0.2, 0.25) is 0 Å². The lowest BCUT2D eigenvalue weighted by Gasteiger charge is -1.90. The first kappa shape index (κ1) is 8.19. The van der Waals surface area contributed by atoms with Crippen LogP contribution in [0, 0.1) is 11.3 Å². The van der Waals surface area contributed by atoms with E-state index in [2.05, 4.69) is 12.2 Å². The molecule has 0 fully saturated rings. The molecule has 50 valence electrons. The van der Waals surface area contributed by atoms with E-state index in [0.29, 0.717) is 6.42 Å². The third-order valence-corrected chi connectivity index (χ3v) is 0.888. The molecule has 0 aliphatic carbocycles. The molecule has 0 rings (SSSR count). The molecular formula is C7H12N2. The predicted octanol–water partition coefficient (Wildman–Crippen LogP) is 1.07. The maximum absolute atomic E-state index is 8.10. The standard InChI is InChI=1S/C7H12N2/c1-2-9-7-5-3-4-6-8/h3,5,9H,2,4,7H2,1H3/b5-3+. The molecule has 0 spiro atoms. The summed E-state index contributed by atoms with van der Waals surface area (Å²) in [5.74, 6) is 0. The van der Waals surface area contributed by atoms with E-state index in [-0.39, 0.29) is 0 Å². The summed E-state index contributed by atoms with van der Waals surface area (Å²) in [5, 5.41) is 11.2. The number of nitrogens with zero attached hydrogens (tertiary/aromatic N) is 1. The van der Waals surface area contributed by atoms with Crippen LogP contribution in [0.3, 0.4) is 0 Å². The number of likely N-dealkylation sites (N-methyl/N-ethyl adjacent to an activating group) is 1. The molecule has 9 heavy (non-hydrogen) atoms. The van der Waals surface area contributed by atoms with Gasteiger partial charge >= 0.3 is 0 Å². The van der Waals surface area contributed by atoms with Crippen LogP contribution in [0.15, 0.2) is 12.2 Å². The minimum atomic E-state index is 0.519. The highest BCUT2D eigenvalue weighted by Gasteiger charge is 1.73. The summed E-state index contributed by atoms with van der Waals surface area (Å²) in [6.45, 7) is 3.91. The summed E-state index contributed by atoms with van der Waals surface area (Å²) in [4.78, 5) is 0. The smallest absolute Gasteiger partial charge is 0.0663 e. The fourth-order valence-electron chi connectivity index (χ4n) is 0.447. The lowest BCUT2D eigenvalue weighted by molar-refractivity contribution is 0.798. The zero-order valence-corrected chi connectivity index (χ0v) is 5.72. The number of nitrogens with one attached hydrogen (secondary N) is 1. The van der Waals surface area contributed by atoms with E-state index in [1.54, 1.807) is 0 Å². The molecule has 0 heterocycles. The van der Waals surface area contributed by atoms with Crippen LogP contribution < -0.4 is 5.32 Å². The number of rotatable bonds is 4. The van der Waals surface area contributed by atoms with Crippen LogP contribution in [0.25, 0.3) is 0 Å². The molecule has 2 heteroatoms. The third kappa shape index (κ3) is 7.19. The second-order valence-corrected chi connectivity index (χ2v) is 1.64. The van der Waals surface area contributed by atoms with Crippen LogP contribution in [0.2, 0.25) is 0 Å². The van der Waals surface area contributed by atoms with Crippen LogP contribution in [0.4, 0.5) is 0 Å².